The summed E-state index contributed by atoms with van der Waals surface area (Å²) in [5, 5.41) is 23.0. The first-order valence-corrected chi connectivity index (χ1v) is 7.55. The molecule has 0 radical (unpaired) electrons. The molecule has 0 spiro atoms. The first-order valence-electron chi connectivity index (χ1n) is 7.55. The Morgan fingerprint density at radius 3 is 2.83 bits per heavy atom. The maximum atomic E-state index is 10.1. The molecule has 0 amide bonds. The standard InChI is InChI=1S/C18H20N4O2/c1-3-8-22-12-16(10-20-22)11-21(2)13-17(23)14-24-18-6-4-15(9-19)5-7-18/h1,4-7,10,12,17,23H,8,11,13-14H2,2H3. The van der Waals surface area contributed by atoms with E-state index >= 15 is 0 Å². The van der Waals surface area contributed by atoms with Crippen molar-refractivity contribution in [3.8, 4) is 24.2 Å². The number of nitriles is 1. The van der Waals surface area contributed by atoms with Gasteiger partial charge in [-0.15, -0.1) is 6.42 Å². The molecule has 0 saturated heterocycles. The van der Waals surface area contributed by atoms with E-state index in [9.17, 15) is 5.11 Å². The van der Waals surface area contributed by atoms with Crippen LogP contribution in [0.2, 0.25) is 0 Å². The van der Waals surface area contributed by atoms with Gasteiger partial charge >= 0.3 is 0 Å². The molecule has 124 valence electrons. The molecule has 1 atom stereocenters. The molecule has 6 heteroatoms. The highest BCUT2D eigenvalue weighted by Crippen LogP contribution is 2.12. The highest BCUT2D eigenvalue weighted by Gasteiger charge is 2.10. The molecule has 6 nitrogen and oxygen atoms in total. The second kappa shape index (κ2) is 8.73. The van der Waals surface area contributed by atoms with Crippen molar-refractivity contribution in [1.29, 1.82) is 5.26 Å². The van der Waals surface area contributed by atoms with Crippen LogP contribution in [0.5, 0.6) is 5.75 Å². The van der Waals surface area contributed by atoms with Crippen LogP contribution >= 0.6 is 0 Å². The number of terminal acetylenes is 1. The van der Waals surface area contributed by atoms with Crippen molar-refractivity contribution in [2.75, 3.05) is 20.2 Å². The number of aliphatic hydroxyl groups is 1. The van der Waals surface area contributed by atoms with Gasteiger partial charge in [0.25, 0.3) is 0 Å². The normalized spacial score (nSPS) is 11.7. The summed E-state index contributed by atoms with van der Waals surface area (Å²) in [6.45, 7) is 1.77. The van der Waals surface area contributed by atoms with Gasteiger partial charge in [-0.05, 0) is 31.3 Å². The third-order valence-corrected chi connectivity index (χ3v) is 3.34. The molecule has 0 aliphatic rings. The van der Waals surface area contributed by atoms with E-state index in [1.165, 1.54) is 0 Å². The van der Waals surface area contributed by atoms with E-state index < -0.39 is 6.10 Å². The summed E-state index contributed by atoms with van der Waals surface area (Å²) >= 11 is 0. The smallest absolute Gasteiger partial charge is 0.119 e. The van der Waals surface area contributed by atoms with E-state index in [1.54, 1.807) is 35.1 Å². The number of likely N-dealkylation sites (N-methyl/N-ethyl adjacent to an activating group) is 1. The van der Waals surface area contributed by atoms with Gasteiger partial charge in [-0.3, -0.25) is 9.58 Å². The lowest BCUT2D eigenvalue weighted by atomic mass is 10.2. The number of hydrogen-bond acceptors (Lipinski definition) is 5. The first kappa shape index (κ1) is 17.6. The van der Waals surface area contributed by atoms with E-state index in [2.05, 4.69) is 11.0 Å². The average molecular weight is 324 g/mol. The van der Waals surface area contributed by atoms with Crippen molar-refractivity contribution in [1.82, 2.24) is 14.7 Å². The molecule has 2 rings (SSSR count). The fourth-order valence-corrected chi connectivity index (χ4v) is 2.27. The number of rotatable bonds is 8. The molecular formula is C18H20N4O2. The van der Waals surface area contributed by atoms with Gasteiger partial charge in [0.05, 0.1) is 17.8 Å². The largest absolute Gasteiger partial charge is 0.491 e. The zero-order chi connectivity index (χ0) is 17.4. The Kier molecular flexibility index (Phi) is 6.39. The quantitative estimate of drug-likeness (QED) is 0.740. The van der Waals surface area contributed by atoms with Crippen molar-refractivity contribution >= 4 is 0 Å². The Bertz CT molecular complexity index is 725. The molecule has 0 fully saturated rings. The Labute approximate surface area is 141 Å². The van der Waals surface area contributed by atoms with Gasteiger partial charge in [0.2, 0.25) is 0 Å². The van der Waals surface area contributed by atoms with Gasteiger partial charge in [0, 0.05) is 24.8 Å². The van der Waals surface area contributed by atoms with E-state index in [4.69, 9.17) is 16.4 Å². The van der Waals surface area contributed by atoms with Crippen LogP contribution in [0.15, 0.2) is 36.7 Å². The number of hydrogen-bond donors (Lipinski definition) is 1. The molecule has 1 unspecified atom stereocenters. The van der Waals surface area contributed by atoms with E-state index in [-0.39, 0.29) is 6.61 Å². The SMILES string of the molecule is C#CCn1cc(CN(C)CC(O)COc2ccc(C#N)cc2)cn1. The van der Waals surface area contributed by atoms with Crippen LogP contribution in [0.4, 0.5) is 0 Å². The van der Waals surface area contributed by atoms with Gasteiger partial charge in [-0.1, -0.05) is 5.92 Å². The Morgan fingerprint density at radius 1 is 1.42 bits per heavy atom. The molecule has 1 N–H and O–H groups in total. The van der Waals surface area contributed by atoms with E-state index in [0.717, 1.165) is 5.56 Å². The molecular weight excluding hydrogens is 304 g/mol. The fraction of sp³-hybridized carbons (Fsp3) is 0.333. The molecule has 0 aliphatic carbocycles. The number of ether oxygens (including phenoxy) is 1. The Hall–Kier alpha value is -2.80. The lowest BCUT2D eigenvalue weighted by Crippen LogP contribution is -2.32. The Balaban J connectivity index is 1.75. The van der Waals surface area contributed by atoms with Crippen LogP contribution in [0.3, 0.4) is 0 Å². The summed E-state index contributed by atoms with van der Waals surface area (Å²) in [4.78, 5) is 1.99. The summed E-state index contributed by atoms with van der Waals surface area (Å²) in [6.07, 6.45) is 8.30. The van der Waals surface area contributed by atoms with Gasteiger partial charge < -0.3 is 9.84 Å². The minimum atomic E-state index is -0.619. The lowest BCUT2D eigenvalue weighted by molar-refractivity contribution is 0.0744. The van der Waals surface area contributed by atoms with Crippen LogP contribution in [0.1, 0.15) is 11.1 Å². The summed E-state index contributed by atoms with van der Waals surface area (Å²) in [5.41, 5.74) is 1.61. The first-order chi connectivity index (χ1) is 11.6. The molecule has 2 aromatic rings. The monoisotopic (exact) mass is 324 g/mol. The van der Waals surface area contributed by atoms with E-state index in [1.807, 2.05) is 24.2 Å². The second-order valence-electron chi connectivity index (χ2n) is 5.55. The molecule has 0 saturated carbocycles. The van der Waals surface area contributed by atoms with Gasteiger partial charge in [0.15, 0.2) is 0 Å². The molecule has 1 aromatic heterocycles. The number of nitrogens with zero attached hydrogens (tertiary/aromatic N) is 4. The number of aromatic nitrogens is 2. The maximum Gasteiger partial charge on any atom is 0.119 e. The zero-order valence-electron chi connectivity index (χ0n) is 13.6. The van der Waals surface area contributed by atoms with Gasteiger partial charge in [0.1, 0.15) is 25.0 Å². The lowest BCUT2D eigenvalue weighted by Gasteiger charge is -2.20. The average Bonchev–Trinajstić information content (AvgIpc) is 3.00. The molecule has 1 heterocycles. The van der Waals surface area contributed by atoms with E-state index in [0.29, 0.717) is 30.9 Å². The predicted octanol–water partition coefficient (Wildman–Crippen LogP) is 1.26. The third-order valence-electron chi connectivity index (χ3n) is 3.34. The van der Waals surface area contributed by atoms with Crippen LogP contribution in [-0.4, -0.2) is 46.1 Å². The highest BCUT2D eigenvalue weighted by atomic mass is 16.5. The molecule has 24 heavy (non-hydrogen) atoms. The van der Waals surface area contributed by atoms with Gasteiger partial charge in [-0.25, -0.2) is 0 Å². The van der Waals surface area contributed by atoms with Crippen LogP contribution in [0, 0.1) is 23.7 Å². The fourth-order valence-electron chi connectivity index (χ4n) is 2.27. The number of aliphatic hydroxyl groups excluding tert-OH is 1. The Morgan fingerprint density at radius 2 is 2.17 bits per heavy atom. The molecule has 0 bridgehead atoms. The highest BCUT2D eigenvalue weighted by molar-refractivity contribution is 5.34. The predicted molar refractivity (Wildman–Crippen MR) is 90.1 cm³/mol. The van der Waals surface area contributed by atoms with Crippen molar-refractivity contribution in [3.05, 3.63) is 47.8 Å². The molecule has 1 aromatic carbocycles. The molecule has 0 aliphatic heterocycles. The van der Waals surface area contributed by atoms with Crippen molar-refractivity contribution < 1.29 is 9.84 Å². The van der Waals surface area contributed by atoms with Crippen LogP contribution in [-0.2, 0) is 13.1 Å². The van der Waals surface area contributed by atoms with Crippen molar-refractivity contribution in [2.24, 2.45) is 0 Å². The maximum absolute atomic E-state index is 10.1. The van der Waals surface area contributed by atoms with Gasteiger partial charge in [-0.2, -0.15) is 10.4 Å². The minimum absolute atomic E-state index is 0.187. The second-order valence-corrected chi connectivity index (χ2v) is 5.55. The topological polar surface area (TPSA) is 74.3 Å². The van der Waals surface area contributed by atoms with Crippen LogP contribution in [0.25, 0.3) is 0 Å². The van der Waals surface area contributed by atoms with Crippen LogP contribution < -0.4 is 4.74 Å². The summed E-state index contributed by atoms with van der Waals surface area (Å²) in [5.74, 6) is 3.17. The zero-order valence-corrected chi connectivity index (χ0v) is 13.6. The summed E-state index contributed by atoms with van der Waals surface area (Å²) < 4.78 is 7.23. The summed E-state index contributed by atoms with van der Waals surface area (Å²) in [7, 11) is 1.92. The minimum Gasteiger partial charge on any atom is -0.491 e. The summed E-state index contributed by atoms with van der Waals surface area (Å²) in [6, 6.07) is 8.85. The van der Waals surface area contributed by atoms with Crippen molar-refractivity contribution in [2.45, 2.75) is 19.2 Å². The third kappa shape index (κ3) is 5.44. The van der Waals surface area contributed by atoms with Crippen molar-refractivity contribution in [3.63, 3.8) is 0 Å². The number of benzene rings is 1.